The van der Waals surface area contributed by atoms with Gasteiger partial charge in [-0.25, -0.2) is 4.98 Å². The van der Waals surface area contributed by atoms with Crippen LogP contribution in [0.1, 0.15) is 5.56 Å². The summed E-state index contributed by atoms with van der Waals surface area (Å²) in [6.07, 6.45) is 1.12. The molecule has 0 aliphatic heterocycles. The Bertz CT molecular complexity index is 595. The molecule has 2 aromatic rings. The predicted octanol–water partition coefficient (Wildman–Crippen LogP) is 1.26. The molecule has 0 fully saturated rings. The molecule has 3 N–H and O–H groups in total. The van der Waals surface area contributed by atoms with Crippen molar-refractivity contribution in [3.8, 4) is 5.88 Å². The van der Waals surface area contributed by atoms with Crippen LogP contribution in [-0.4, -0.2) is 20.1 Å². The summed E-state index contributed by atoms with van der Waals surface area (Å²) >= 11 is 5.05. The van der Waals surface area contributed by atoms with Gasteiger partial charge in [0, 0.05) is 5.69 Å². The minimum atomic E-state index is -0.481. The number of aromatic hydroxyl groups is 1. The summed E-state index contributed by atoms with van der Waals surface area (Å²) in [6, 6.07) is 9.13. The van der Waals surface area contributed by atoms with Gasteiger partial charge in [0.25, 0.3) is 5.56 Å². The Balaban J connectivity index is 2.30. The molecule has 1 aromatic carbocycles. The fourth-order valence-electron chi connectivity index (χ4n) is 1.31. The fraction of sp³-hybridized carbons (Fsp3) is 0. The van der Waals surface area contributed by atoms with Crippen LogP contribution in [0.2, 0.25) is 0 Å². The maximum atomic E-state index is 11.5. The number of benzene rings is 1. The van der Waals surface area contributed by atoms with Gasteiger partial charge in [-0.3, -0.25) is 4.79 Å². The number of nitrogens with zero attached hydrogens (tertiary/aromatic N) is 1. The lowest BCUT2D eigenvalue weighted by molar-refractivity contribution is 0.450. The van der Waals surface area contributed by atoms with Crippen molar-refractivity contribution >= 4 is 22.9 Å². The highest BCUT2D eigenvalue weighted by molar-refractivity contribution is 7.81. The number of hydrogen-bond acceptors (Lipinski definition) is 4. The van der Waals surface area contributed by atoms with Crippen LogP contribution in [0.3, 0.4) is 0 Å². The van der Waals surface area contributed by atoms with Gasteiger partial charge in [-0.1, -0.05) is 30.4 Å². The second kappa shape index (κ2) is 4.75. The van der Waals surface area contributed by atoms with Gasteiger partial charge in [0.1, 0.15) is 10.6 Å². The summed E-state index contributed by atoms with van der Waals surface area (Å²) in [5.74, 6) is -0.387. The van der Waals surface area contributed by atoms with Gasteiger partial charge in [-0.05, 0) is 12.1 Å². The van der Waals surface area contributed by atoms with E-state index in [9.17, 15) is 9.90 Å². The number of rotatable bonds is 2. The van der Waals surface area contributed by atoms with E-state index in [2.05, 4.69) is 15.3 Å². The molecule has 0 amide bonds. The standard InChI is InChI=1S/C11H9N3O2S/c15-9-8(10(16)13-6-12-9)11(17)14-7-4-2-1-3-5-7/h1-6H,(H,14,17)(H2,12,13,15,16). The van der Waals surface area contributed by atoms with E-state index in [-0.39, 0.29) is 16.4 Å². The van der Waals surface area contributed by atoms with Crippen LogP contribution in [0, 0.1) is 0 Å². The summed E-state index contributed by atoms with van der Waals surface area (Å²) in [5, 5.41) is 12.3. The first-order chi connectivity index (χ1) is 8.18. The number of anilines is 1. The molecule has 0 radical (unpaired) electrons. The van der Waals surface area contributed by atoms with Crippen molar-refractivity contribution in [2.24, 2.45) is 0 Å². The van der Waals surface area contributed by atoms with Crippen LogP contribution in [0.5, 0.6) is 5.88 Å². The first kappa shape index (κ1) is 11.3. The highest BCUT2D eigenvalue weighted by Gasteiger charge is 2.12. The number of hydrogen-bond donors (Lipinski definition) is 3. The van der Waals surface area contributed by atoms with Crippen LogP contribution in [0.4, 0.5) is 5.69 Å². The molecule has 1 heterocycles. The van der Waals surface area contributed by atoms with E-state index >= 15 is 0 Å². The van der Waals surface area contributed by atoms with Crippen LogP contribution in [-0.2, 0) is 0 Å². The zero-order chi connectivity index (χ0) is 12.3. The van der Waals surface area contributed by atoms with E-state index in [0.717, 1.165) is 12.0 Å². The Kier molecular flexibility index (Phi) is 3.15. The van der Waals surface area contributed by atoms with E-state index < -0.39 is 5.56 Å². The molecular formula is C11H9N3O2S. The minimum Gasteiger partial charge on any atom is -0.493 e. The molecule has 0 saturated heterocycles. The van der Waals surface area contributed by atoms with Gasteiger partial charge in [0.15, 0.2) is 0 Å². The number of H-pyrrole nitrogens is 1. The van der Waals surface area contributed by atoms with E-state index in [1.165, 1.54) is 0 Å². The Labute approximate surface area is 102 Å². The molecule has 86 valence electrons. The quantitative estimate of drug-likeness (QED) is 0.696. The summed E-state index contributed by atoms with van der Waals surface area (Å²) < 4.78 is 0. The monoisotopic (exact) mass is 247 g/mol. The summed E-state index contributed by atoms with van der Waals surface area (Å²) in [5.41, 5.74) is 0.220. The van der Waals surface area contributed by atoms with E-state index in [1.807, 2.05) is 18.2 Å². The predicted molar refractivity (Wildman–Crippen MR) is 68.3 cm³/mol. The number of aromatic amines is 1. The zero-order valence-electron chi connectivity index (χ0n) is 8.68. The molecule has 17 heavy (non-hydrogen) atoms. The molecule has 5 nitrogen and oxygen atoms in total. The highest BCUT2D eigenvalue weighted by Crippen LogP contribution is 2.12. The van der Waals surface area contributed by atoms with Crippen molar-refractivity contribution in [1.82, 2.24) is 9.97 Å². The largest absolute Gasteiger partial charge is 0.493 e. The Morgan fingerprint density at radius 2 is 2.06 bits per heavy atom. The minimum absolute atomic E-state index is 0.0358. The molecular weight excluding hydrogens is 238 g/mol. The average Bonchev–Trinajstić information content (AvgIpc) is 2.30. The summed E-state index contributed by atoms with van der Waals surface area (Å²) in [7, 11) is 0. The normalized spacial score (nSPS) is 9.88. The lowest BCUT2D eigenvalue weighted by Crippen LogP contribution is -2.22. The molecule has 6 heteroatoms. The summed E-state index contributed by atoms with van der Waals surface area (Å²) in [4.78, 5) is 17.5. The van der Waals surface area contributed by atoms with Crippen molar-refractivity contribution in [3.63, 3.8) is 0 Å². The van der Waals surface area contributed by atoms with Crippen LogP contribution < -0.4 is 10.9 Å². The van der Waals surface area contributed by atoms with Gasteiger partial charge in [0.2, 0.25) is 5.88 Å². The van der Waals surface area contributed by atoms with Crippen molar-refractivity contribution in [3.05, 3.63) is 52.6 Å². The smallest absolute Gasteiger partial charge is 0.264 e. The first-order valence-electron chi connectivity index (χ1n) is 4.81. The lowest BCUT2D eigenvalue weighted by Gasteiger charge is -2.07. The van der Waals surface area contributed by atoms with Gasteiger partial charge >= 0.3 is 0 Å². The second-order valence-electron chi connectivity index (χ2n) is 3.25. The molecule has 0 unspecified atom stereocenters. The number of para-hydroxylation sites is 1. The highest BCUT2D eigenvalue weighted by atomic mass is 32.1. The molecule has 0 atom stereocenters. The second-order valence-corrected chi connectivity index (χ2v) is 3.66. The molecule has 2 rings (SSSR count). The molecule has 0 aliphatic rings. The van der Waals surface area contributed by atoms with E-state index in [4.69, 9.17) is 12.2 Å². The molecule has 0 bridgehead atoms. The third kappa shape index (κ3) is 2.48. The van der Waals surface area contributed by atoms with Crippen molar-refractivity contribution < 1.29 is 5.11 Å². The van der Waals surface area contributed by atoms with E-state index in [1.54, 1.807) is 12.1 Å². The summed E-state index contributed by atoms with van der Waals surface area (Å²) in [6.45, 7) is 0. The molecule has 0 aliphatic carbocycles. The number of aromatic nitrogens is 2. The maximum Gasteiger partial charge on any atom is 0.264 e. The lowest BCUT2D eigenvalue weighted by atomic mass is 10.2. The van der Waals surface area contributed by atoms with Gasteiger partial charge < -0.3 is 15.4 Å². The van der Waals surface area contributed by atoms with E-state index in [0.29, 0.717) is 0 Å². The topological polar surface area (TPSA) is 78.0 Å². The van der Waals surface area contributed by atoms with Crippen molar-refractivity contribution in [2.75, 3.05) is 5.32 Å². The first-order valence-corrected chi connectivity index (χ1v) is 5.22. The van der Waals surface area contributed by atoms with Gasteiger partial charge in [-0.2, -0.15) is 0 Å². The maximum absolute atomic E-state index is 11.5. The Hall–Kier alpha value is -2.21. The molecule has 1 aromatic heterocycles. The van der Waals surface area contributed by atoms with Gasteiger partial charge in [0.05, 0.1) is 6.33 Å². The molecule has 0 saturated carbocycles. The Morgan fingerprint density at radius 1 is 1.35 bits per heavy atom. The Morgan fingerprint density at radius 3 is 2.71 bits per heavy atom. The van der Waals surface area contributed by atoms with Gasteiger partial charge in [-0.15, -0.1) is 0 Å². The average molecular weight is 247 g/mol. The molecule has 0 spiro atoms. The van der Waals surface area contributed by atoms with Crippen LogP contribution >= 0.6 is 12.2 Å². The third-order valence-electron chi connectivity index (χ3n) is 2.09. The van der Waals surface area contributed by atoms with Crippen molar-refractivity contribution in [2.45, 2.75) is 0 Å². The zero-order valence-corrected chi connectivity index (χ0v) is 9.49. The SMILES string of the molecule is O=c1[nH]cnc(O)c1C(=S)Nc1ccccc1. The third-order valence-corrected chi connectivity index (χ3v) is 2.40. The van der Waals surface area contributed by atoms with Crippen molar-refractivity contribution in [1.29, 1.82) is 0 Å². The van der Waals surface area contributed by atoms with Crippen LogP contribution in [0.25, 0.3) is 0 Å². The number of nitrogens with one attached hydrogen (secondary N) is 2. The van der Waals surface area contributed by atoms with Crippen LogP contribution in [0.15, 0.2) is 41.5 Å². The number of thiocarbonyl (C=S) groups is 1. The fourth-order valence-corrected chi connectivity index (χ4v) is 1.61.